The number of non-ortho nitro benzene ring substituents is 1. The first-order valence-corrected chi connectivity index (χ1v) is 9.95. The molecule has 2 heterocycles. The summed E-state index contributed by atoms with van der Waals surface area (Å²) in [5, 5.41) is 10.7. The fourth-order valence-corrected chi connectivity index (χ4v) is 4.01. The standard InChI is InChI=1S/C21H13ClN2O5S/c22-17-10-14(24(27)28)6-8-16(17)18-9-7-15(29-18)11-19-20(25)23(21(26)30-19)12-13-4-2-1-3-5-13/h1-11H,12H2/b19-11-. The van der Waals surface area contributed by atoms with Crippen molar-refractivity contribution in [2.75, 3.05) is 0 Å². The molecule has 4 rings (SSSR count). The zero-order chi connectivity index (χ0) is 21.3. The number of thioether (sulfide) groups is 1. The highest BCUT2D eigenvalue weighted by molar-refractivity contribution is 8.18. The number of hydrogen-bond acceptors (Lipinski definition) is 6. The van der Waals surface area contributed by atoms with Crippen LogP contribution in [0.4, 0.5) is 10.5 Å². The molecule has 9 heteroatoms. The van der Waals surface area contributed by atoms with Crippen molar-refractivity contribution < 1.29 is 18.9 Å². The van der Waals surface area contributed by atoms with Gasteiger partial charge in [0, 0.05) is 23.8 Å². The van der Waals surface area contributed by atoms with Crippen molar-refractivity contribution in [3.05, 3.63) is 92.0 Å². The molecule has 3 aromatic rings. The average Bonchev–Trinajstić information content (AvgIpc) is 3.29. The highest BCUT2D eigenvalue weighted by atomic mass is 35.5. The molecule has 2 amide bonds. The van der Waals surface area contributed by atoms with Gasteiger partial charge >= 0.3 is 0 Å². The van der Waals surface area contributed by atoms with Crippen molar-refractivity contribution in [2.24, 2.45) is 0 Å². The summed E-state index contributed by atoms with van der Waals surface area (Å²) < 4.78 is 5.72. The van der Waals surface area contributed by atoms with Crippen LogP contribution < -0.4 is 0 Å². The number of benzene rings is 2. The SMILES string of the molecule is O=C1S/C(=C\c2ccc(-c3ccc([N+](=O)[O-])cc3Cl)o2)C(=O)N1Cc1ccccc1. The van der Waals surface area contributed by atoms with Gasteiger partial charge in [-0.05, 0) is 35.5 Å². The number of hydrogen-bond donors (Lipinski definition) is 0. The van der Waals surface area contributed by atoms with Crippen LogP contribution in [0.5, 0.6) is 0 Å². The average molecular weight is 441 g/mol. The molecule has 2 aromatic carbocycles. The van der Waals surface area contributed by atoms with Crippen LogP contribution in [0.1, 0.15) is 11.3 Å². The molecular weight excluding hydrogens is 428 g/mol. The monoisotopic (exact) mass is 440 g/mol. The number of nitro benzene ring substituents is 1. The van der Waals surface area contributed by atoms with E-state index in [1.807, 2.05) is 30.3 Å². The third kappa shape index (κ3) is 4.00. The van der Waals surface area contributed by atoms with Crippen LogP contribution in [0, 0.1) is 10.1 Å². The van der Waals surface area contributed by atoms with Crippen molar-refractivity contribution in [1.29, 1.82) is 0 Å². The summed E-state index contributed by atoms with van der Waals surface area (Å²) in [6.07, 6.45) is 1.50. The van der Waals surface area contributed by atoms with Crippen LogP contribution >= 0.6 is 23.4 Å². The van der Waals surface area contributed by atoms with E-state index in [0.717, 1.165) is 17.3 Å². The number of carbonyl (C=O) groups is 2. The highest BCUT2D eigenvalue weighted by Crippen LogP contribution is 2.36. The summed E-state index contributed by atoms with van der Waals surface area (Å²) in [7, 11) is 0. The minimum atomic E-state index is -0.533. The number of halogens is 1. The Hall–Kier alpha value is -3.36. The first kappa shape index (κ1) is 19.9. The minimum absolute atomic E-state index is 0.123. The largest absolute Gasteiger partial charge is 0.457 e. The van der Waals surface area contributed by atoms with Crippen LogP contribution in [0.25, 0.3) is 17.4 Å². The summed E-state index contributed by atoms with van der Waals surface area (Å²) in [5.41, 5.74) is 1.22. The number of carbonyl (C=O) groups excluding carboxylic acids is 2. The summed E-state index contributed by atoms with van der Waals surface area (Å²) in [6.45, 7) is 0.199. The van der Waals surface area contributed by atoms with E-state index in [1.165, 1.54) is 29.2 Å². The van der Waals surface area contributed by atoms with Gasteiger partial charge in [0.2, 0.25) is 0 Å². The molecule has 30 heavy (non-hydrogen) atoms. The second-order valence-electron chi connectivity index (χ2n) is 6.38. The molecular formula is C21H13ClN2O5S. The third-order valence-electron chi connectivity index (χ3n) is 4.39. The van der Waals surface area contributed by atoms with Crippen LogP contribution in [0.2, 0.25) is 5.02 Å². The Labute approximate surface area is 180 Å². The second kappa shape index (κ2) is 8.17. The van der Waals surface area contributed by atoms with Gasteiger partial charge in [0.15, 0.2) is 0 Å². The molecule has 0 saturated carbocycles. The molecule has 7 nitrogen and oxygen atoms in total. The van der Waals surface area contributed by atoms with E-state index in [-0.39, 0.29) is 33.3 Å². The van der Waals surface area contributed by atoms with Crippen molar-refractivity contribution in [3.8, 4) is 11.3 Å². The summed E-state index contributed by atoms with van der Waals surface area (Å²) in [5.74, 6) is 0.370. The van der Waals surface area contributed by atoms with E-state index >= 15 is 0 Å². The molecule has 0 unspecified atom stereocenters. The highest BCUT2D eigenvalue weighted by Gasteiger charge is 2.35. The van der Waals surface area contributed by atoms with Crippen molar-refractivity contribution in [2.45, 2.75) is 6.54 Å². The third-order valence-corrected chi connectivity index (χ3v) is 5.61. The van der Waals surface area contributed by atoms with Gasteiger partial charge in [-0.15, -0.1) is 0 Å². The number of imide groups is 1. The lowest BCUT2D eigenvalue weighted by Gasteiger charge is -2.11. The van der Waals surface area contributed by atoms with E-state index in [1.54, 1.807) is 12.1 Å². The van der Waals surface area contributed by atoms with Gasteiger partial charge in [-0.1, -0.05) is 41.9 Å². The van der Waals surface area contributed by atoms with E-state index in [2.05, 4.69) is 0 Å². The van der Waals surface area contributed by atoms with Gasteiger partial charge in [-0.3, -0.25) is 24.6 Å². The van der Waals surface area contributed by atoms with Gasteiger partial charge in [0.1, 0.15) is 11.5 Å². The predicted octanol–water partition coefficient (Wildman–Crippen LogP) is 5.74. The van der Waals surface area contributed by atoms with E-state index < -0.39 is 4.92 Å². The topological polar surface area (TPSA) is 93.7 Å². The molecule has 0 radical (unpaired) electrons. The zero-order valence-corrected chi connectivity index (χ0v) is 16.9. The van der Waals surface area contributed by atoms with Crippen molar-refractivity contribution >= 4 is 46.3 Å². The molecule has 1 saturated heterocycles. The van der Waals surface area contributed by atoms with E-state index in [4.69, 9.17) is 16.0 Å². The Morgan fingerprint density at radius 3 is 2.57 bits per heavy atom. The van der Waals surface area contributed by atoms with Gasteiger partial charge in [0.05, 0.1) is 21.4 Å². The smallest absolute Gasteiger partial charge is 0.293 e. The van der Waals surface area contributed by atoms with Gasteiger partial charge in [-0.2, -0.15) is 0 Å². The molecule has 0 spiro atoms. The summed E-state index contributed by atoms with van der Waals surface area (Å²) >= 11 is 6.98. The van der Waals surface area contributed by atoms with E-state index in [0.29, 0.717) is 17.1 Å². The predicted molar refractivity (Wildman–Crippen MR) is 114 cm³/mol. The number of rotatable bonds is 5. The molecule has 150 valence electrons. The van der Waals surface area contributed by atoms with Gasteiger partial charge in [0.25, 0.3) is 16.8 Å². The number of amides is 2. The van der Waals surface area contributed by atoms with Crippen molar-refractivity contribution in [1.82, 2.24) is 4.90 Å². The Kier molecular flexibility index (Phi) is 5.43. The van der Waals surface area contributed by atoms with Crippen LogP contribution in [-0.2, 0) is 11.3 Å². The summed E-state index contributed by atoms with van der Waals surface area (Å²) in [6, 6.07) is 16.6. The Morgan fingerprint density at radius 2 is 1.87 bits per heavy atom. The normalized spacial score (nSPS) is 15.2. The maximum Gasteiger partial charge on any atom is 0.293 e. The molecule has 0 atom stereocenters. The molecule has 1 aromatic heterocycles. The van der Waals surface area contributed by atoms with Gasteiger partial charge in [-0.25, -0.2) is 0 Å². The Balaban J connectivity index is 1.55. The second-order valence-corrected chi connectivity index (χ2v) is 7.78. The Bertz CT molecular complexity index is 1190. The summed E-state index contributed by atoms with van der Waals surface area (Å²) in [4.78, 5) is 36.7. The number of nitrogens with zero attached hydrogens (tertiary/aromatic N) is 2. The lowest BCUT2D eigenvalue weighted by molar-refractivity contribution is -0.384. The van der Waals surface area contributed by atoms with Crippen LogP contribution in [-0.4, -0.2) is 21.0 Å². The van der Waals surface area contributed by atoms with Crippen LogP contribution in [0.3, 0.4) is 0 Å². The first-order valence-electron chi connectivity index (χ1n) is 8.76. The molecule has 1 aliphatic heterocycles. The maximum absolute atomic E-state index is 12.6. The number of nitro groups is 1. The van der Waals surface area contributed by atoms with Crippen LogP contribution in [0.15, 0.2) is 70.0 Å². The fraction of sp³-hybridized carbons (Fsp3) is 0.0476. The Morgan fingerprint density at radius 1 is 1.10 bits per heavy atom. The molecule has 0 bridgehead atoms. The van der Waals surface area contributed by atoms with E-state index in [9.17, 15) is 19.7 Å². The lowest BCUT2D eigenvalue weighted by Crippen LogP contribution is -2.27. The van der Waals surface area contributed by atoms with Gasteiger partial charge < -0.3 is 4.42 Å². The first-order chi connectivity index (χ1) is 14.4. The molecule has 0 N–H and O–H groups in total. The quantitative estimate of drug-likeness (QED) is 0.285. The zero-order valence-electron chi connectivity index (χ0n) is 15.3. The maximum atomic E-state index is 12.6. The number of furan rings is 1. The fourth-order valence-electron chi connectivity index (χ4n) is 2.92. The molecule has 0 aliphatic carbocycles. The van der Waals surface area contributed by atoms with Crippen molar-refractivity contribution in [3.63, 3.8) is 0 Å². The minimum Gasteiger partial charge on any atom is -0.457 e. The molecule has 1 fully saturated rings. The molecule has 1 aliphatic rings. The lowest BCUT2D eigenvalue weighted by atomic mass is 10.1.